The first-order valence-corrected chi connectivity index (χ1v) is 7.03. The van der Waals surface area contributed by atoms with Gasteiger partial charge in [-0.1, -0.05) is 22.0 Å². The maximum absolute atomic E-state index is 9.43. The number of likely N-dealkylation sites (tertiary alicyclic amines) is 1. The molecule has 4 nitrogen and oxygen atoms in total. The van der Waals surface area contributed by atoms with Gasteiger partial charge < -0.3 is 9.84 Å². The van der Waals surface area contributed by atoms with Crippen LogP contribution in [0.3, 0.4) is 0 Å². The third-order valence-corrected chi connectivity index (χ3v) is 4.33. The summed E-state index contributed by atoms with van der Waals surface area (Å²) >= 11 is 3.50. The van der Waals surface area contributed by atoms with Gasteiger partial charge in [0.2, 0.25) is 0 Å². The summed E-state index contributed by atoms with van der Waals surface area (Å²) in [6.07, 6.45) is 1.05. The van der Waals surface area contributed by atoms with Gasteiger partial charge >= 0.3 is 0 Å². The molecule has 0 radical (unpaired) electrons. The van der Waals surface area contributed by atoms with Crippen LogP contribution in [0.5, 0.6) is 0 Å². The Morgan fingerprint density at radius 2 is 2.37 bits per heavy atom. The van der Waals surface area contributed by atoms with Crippen molar-refractivity contribution >= 4 is 15.9 Å². The lowest BCUT2D eigenvalue weighted by atomic mass is 10.1. The summed E-state index contributed by atoms with van der Waals surface area (Å²) in [5.74, 6) is 0. The fourth-order valence-electron chi connectivity index (χ4n) is 2.46. The van der Waals surface area contributed by atoms with Gasteiger partial charge in [0.25, 0.3) is 0 Å². The van der Waals surface area contributed by atoms with Crippen LogP contribution in [0.1, 0.15) is 17.5 Å². The molecule has 0 unspecified atom stereocenters. The Labute approximate surface area is 121 Å². The molecule has 0 aromatic heterocycles. The topological polar surface area (TPSA) is 56.5 Å². The average Bonchev–Trinajstić information content (AvgIpc) is 2.83. The Kier molecular flexibility index (Phi) is 4.94. The number of halogens is 1. The maximum Gasteiger partial charge on any atom is 0.0992 e. The van der Waals surface area contributed by atoms with E-state index in [4.69, 9.17) is 10.00 Å². The summed E-state index contributed by atoms with van der Waals surface area (Å²) in [6.45, 7) is 1.72. The van der Waals surface area contributed by atoms with Crippen molar-refractivity contribution in [3.63, 3.8) is 0 Å². The van der Waals surface area contributed by atoms with E-state index < -0.39 is 0 Å². The molecule has 0 aliphatic carbocycles. The summed E-state index contributed by atoms with van der Waals surface area (Å²) in [6, 6.07) is 7.87. The van der Waals surface area contributed by atoms with Crippen LogP contribution in [-0.2, 0) is 11.3 Å². The third kappa shape index (κ3) is 3.34. The highest BCUT2D eigenvalue weighted by Gasteiger charge is 2.31. The zero-order valence-corrected chi connectivity index (χ0v) is 12.4. The highest BCUT2D eigenvalue weighted by atomic mass is 79.9. The monoisotopic (exact) mass is 324 g/mol. The van der Waals surface area contributed by atoms with Crippen molar-refractivity contribution in [2.45, 2.75) is 25.1 Å². The molecular formula is C14H17BrN2O2. The molecule has 1 fully saturated rings. The van der Waals surface area contributed by atoms with Crippen LogP contribution in [0.2, 0.25) is 0 Å². The Morgan fingerprint density at radius 1 is 1.58 bits per heavy atom. The van der Waals surface area contributed by atoms with E-state index in [9.17, 15) is 5.11 Å². The lowest BCUT2D eigenvalue weighted by Gasteiger charge is -2.23. The van der Waals surface area contributed by atoms with Crippen molar-refractivity contribution in [2.24, 2.45) is 0 Å². The number of aliphatic hydroxyl groups excluding tert-OH is 1. The van der Waals surface area contributed by atoms with E-state index in [2.05, 4.69) is 26.9 Å². The second-order valence-corrected chi connectivity index (χ2v) is 5.63. The summed E-state index contributed by atoms with van der Waals surface area (Å²) in [5.41, 5.74) is 1.76. The van der Waals surface area contributed by atoms with Crippen molar-refractivity contribution in [2.75, 3.05) is 20.3 Å². The smallest absolute Gasteiger partial charge is 0.0992 e. The van der Waals surface area contributed by atoms with Gasteiger partial charge in [0.05, 0.1) is 24.3 Å². The van der Waals surface area contributed by atoms with Gasteiger partial charge in [-0.3, -0.25) is 4.90 Å². The van der Waals surface area contributed by atoms with Crippen molar-refractivity contribution < 1.29 is 9.84 Å². The highest BCUT2D eigenvalue weighted by Crippen LogP contribution is 2.25. The molecule has 1 saturated heterocycles. The number of nitriles is 1. The van der Waals surface area contributed by atoms with E-state index >= 15 is 0 Å². The number of methoxy groups -OCH3 is 1. The van der Waals surface area contributed by atoms with E-state index in [-0.39, 0.29) is 18.8 Å². The number of hydrogen-bond donors (Lipinski definition) is 1. The standard InChI is InChI=1S/C14H17BrN2O2/c1-19-13-5-12(9-18)17(8-13)7-11-3-2-10(6-16)4-14(11)15/h2-4,12-13,18H,5,7-9H2,1H3/t12-,13-/m0/s1. The summed E-state index contributed by atoms with van der Waals surface area (Å²) < 4.78 is 6.30. The van der Waals surface area contributed by atoms with Crippen LogP contribution < -0.4 is 0 Å². The number of nitrogens with zero attached hydrogens (tertiary/aromatic N) is 2. The van der Waals surface area contributed by atoms with Gasteiger partial charge in [0, 0.05) is 30.7 Å². The van der Waals surface area contributed by atoms with Crippen LogP contribution in [0.4, 0.5) is 0 Å². The fraction of sp³-hybridized carbons (Fsp3) is 0.500. The average molecular weight is 325 g/mol. The van der Waals surface area contributed by atoms with Gasteiger partial charge in [-0.2, -0.15) is 5.26 Å². The zero-order valence-electron chi connectivity index (χ0n) is 10.8. The van der Waals surface area contributed by atoms with Crippen LogP contribution >= 0.6 is 15.9 Å². The molecule has 0 bridgehead atoms. The van der Waals surface area contributed by atoms with Crippen molar-refractivity contribution in [3.8, 4) is 6.07 Å². The van der Waals surface area contributed by atoms with Crippen LogP contribution in [0.25, 0.3) is 0 Å². The molecule has 0 spiro atoms. The number of hydrogen-bond acceptors (Lipinski definition) is 4. The molecular weight excluding hydrogens is 308 g/mol. The SMILES string of the molecule is CO[C@H]1C[C@@H](CO)N(Cc2ccc(C#N)cc2Br)C1. The molecule has 2 atom stereocenters. The first-order chi connectivity index (χ1) is 9.17. The lowest BCUT2D eigenvalue weighted by molar-refractivity contribution is 0.107. The predicted molar refractivity (Wildman–Crippen MR) is 75.6 cm³/mol. The Balaban J connectivity index is 2.10. The molecule has 1 N–H and O–H groups in total. The molecule has 0 saturated carbocycles. The maximum atomic E-state index is 9.43. The van der Waals surface area contributed by atoms with E-state index in [0.717, 1.165) is 29.5 Å². The van der Waals surface area contributed by atoms with Gasteiger partial charge in [-0.25, -0.2) is 0 Å². The quantitative estimate of drug-likeness (QED) is 0.919. The van der Waals surface area contributed by atoms with E-state index in [1.165, 1.54) is 0 Å². The van der Waals surface area contributed by atoms with E-state index in [0.29, 0.717) is 5.56 Å². The highest BCUT2D eigenvalue weighted by molar-refractivity contribution is 9.10. The largest absolute Gasteiger partial charge is 0.395 e. The molecule has 1 aliphatic rings. The van der Waals surface area contributed by atoms with Crippen LogP contribution in [0.15, 0.2) is 22.7 Å². The second-order valence-electron chi connectivity index (χ2n) is 4.78. The second kappa shape index (κ2) is 6.49. The number of aliphatic hydroxyl groups is 1. The number of benzene rings is 1. The molecule has 102 valence electrons. The summed E-state index contributed by atoms with van der Waals surface area (Å²) in [5, 5.41) is 18.3. The van der Waals surface area contributed by atoms with Crippen LogP contribution in [0, 0.1) is 11.3 Å². The normalized spacial score (nSPS) is 23.5. The minimum Gasteiger partial charge on any atom is -0.395 e. The Hall–Kier alpha value is -0.930. The van der Waals surface area contributed by atoms with Gasteiger partial charge in [0.1, 0.15) is 0 Å². The molecule has 0 amide bonds. The van der Waals surface area contributed by atoms with Gasteiger partial charge in [0.15, 0.2) is 0 Å². The molecule has 5 heteroatoms. The fourth-order valence-corrected chi connectivity index (χ4v) is 2.96. The Morgan fingerprint density at radius 3 is 2.95 bits per heavy atom. The first kappa shape index (κ1) is 14.5. The lowest BCUT2D eigenvalue weighted by Crippen LogP contribution is -2.32. The van der Waals surface area contributed by atoms with Gasteiger partial charge in [-0.15, -0.1) is 0 Å². The molecule has 1 aromatic carbocycles. The number of rotatable bonds is 4. The van der Waals surface area contributed by atoms with Crippen molar-refractivity contribution in [1.82, 2.24) is 4.90 Å². The van der Waals surface area contributed by atoms with Crippen molar-refractivity contribution in [1.29, 1.82) is 5.26 Å². The molecule has 1 heterocycles. The molecule has 2 rings (SSSR count). The van der Waals surface area contributed by atoms with E-state index in [1.807, 2.05) is 18.2 Å². The minimum absolute atomic E-state index is 0.146. The third-order valence-electron chi connectivity index (χ3n) is 3.59. The minimum atomic E-state index is 0.146. The zero-order chi connectivity index (χ0) is 13.8. The van der Waals surface area contributed by atoms with E-state index in [1.54, 1.807) is 7.11 Å². The van der Waals surface area contributed by atoms with Gasteiger partial charge in [-0.05, 0) is 24.1 Å². The van der Waals surface area contributed by atoms with Crippen molar-refractivity contribution in [3.05, 3.63) is 33.8 Å². The van der Waals surface area contributed by atoms with Crippen LogP contribution in [-0.4, -0.2) is 42.4 Å². The first-order valence-electron chi connectivity index (χ1n) is 6.24. The molecule has 19 heavy (non-hydrogen) atoms. The molecule has 1 aliphatic heterocycles. The predicted octanol–water partition coefficient (Wildman–Crippen LogP) is 1.90. The number of ether oxygens (including phenoxy) is 1. The molecule has 1 aromatic rings. The summed E-state index contributed by atoms with van der Waals surface area (Å²) in [4.78, 5) is 2.22. The summed E-state index contributed by atoms with van der Waals surface area (Å²) in [7, 11) is 1.71. The Bertz CT molecular complexity index is 487.